The van der Waals surface area contributed by atoms with Crippen LogP contribution in [0, 0.1) is 13.8 Å². The number of benzene rings is 2. The lowest BCUT2D eigenvalue weighted by Crippen LogP contribution is -2.09. The number of nitrogens with one attached hydrogen (secondary N) is 1. The maximum absolute atomic E-state index is 12.3. The van der Waals surface area contributed by atoms with Crippen LogP contribution in [0.2, 0.25) is 5.02 Å². The third kappa shape index (κ3) is 4.20. The molecule has 27 heavy (non-hydrogen) atoms. The molecule has 2 aromatic carbocycles. The minimum atomic E-state index is -0.276. The molecule has 1 heterocycles. The lowest BCUT2D eigenvalue weighted by atomic mass is 10.2. The van der Waals surface area contributed by atoms with E-state index >= 15 is 0 Å². The molecule has 5 nitrogen and oxygen atoms in total. The van der Waals surface area contributed by atoms with E-state index in [0.29, 0.717) is 16.5 Å². The highest BCUT2D eigenvalue weighted by Gasteiger charge is 2.11. The first-order valence-corrected chi connectivity index (χ1v) is 8.81. The SMILES string of the molecule is COc1ccc(Cl)cc1NC(=O)/C=C/c1c(C)nn(-c2ccccc2)c1C. The van der Waals surface area contributed by atoms with Gasteiger partial charge < -0.3 is 10.1 Å². The molecule has 0 spiro atoms. The van der Waals surface area contributed by atoms with Crippen LogP contribution in [0.25, 0.3) is 11.8 Å². The fourth-order valence-corrected chi connectivity index (χ4v) is 3.00. The molecule has 0 bridgehead atoms. The van der Waals surface area contributed by atoms with Gasteiger partial charge in [0.05, 0.1) is 24.2 Å². The minimum absolute atomic E-state index is 0.276. The van der Waals surface area contributed by atoms with Crippen LogP contribution in [-0.4, -0.2) is 22.8 Å². The van der Waals surface area contributed by atoms with Gasteiger partial charge in [-0.25, -0.2) is 4.68 Å². The maximum Gasteiger partial charge on any atom is 0.248 e. The zero-order chi connectivity index (χ0) is 19.4. The monoisotopic (exact) mass is 381 g/mol. The van der Waals surface area contributed by atoms with Gasteiger partial charge >= 0.3 is 0 Å². The molecule has 1 amide bonds. The average molecular weight is 382 g/mol. The van der Waals surface area contributed by atoms with Gasteiger partial charge in [-0.05, 0) is 50.3 Å². The summed E-state index contributed by atoms with van der Waals surface area (Å²) < 4.78 is 7.11. The number of carbonyl (C=O) groups excluding carboxylic acids is 1. The van der Waals surface area contributed by atoms with Crippen LogP contribution in [0.3, 0.4) is 0 Å². The molecule has 0 saturated carbocycles. The first-order valence-electron chi connectivity index (χ1n) is 8.44. The third-order valence-corrected chi connectivity index (χ3v) is 4.40. The Kier molecular flexibility index (Phi) is 5.62. The number of ether oxygens (including phenoxy) is 1. The molecule has 138 valence electrons. The summed E-state index contributed by atoms with van der Waals surface area (Å²) in [5.41, 5.74) is 4.22. The molecule has 3 aromatic rings. The Labute approximate surface area is 163 Å². The number of anilines is 1. The number of para-hydroxylation sites is 1. The van der Waals surface area contributed by atoms with Crippen molar-refractivity contribution in [3.05, 3.63) is 76.6 Å². The number of nitrogens with zero attached hydrogens (tertiary/aromatic N) is 2. The number of hydrogen-bond acceptors (Lipinski definition) is 3. The number of aromatic nitrogens is 2. The highest BCUT2D eigenvalue weighted by molar-refractivity contribution is 6.31. The molecule has 0 aliphatic carbocycles. The quantitative estimate of drug-likeness (QED) is 0.645. The number of carbonyl (C=O) groups is 1. The van der Waals surface area contributed by atoms with Gasteiger partial charge in [-0.2, -0.15) is 5.10 Å². The molecule has 0 fully saturated rings. The Morgan fingerprint density at radius 2 is 1.93 bits per heavy atom. The first kappa shape index (κ1) is 18.7. The number of rotatable bonds is 5. The molecule has 0 atom stereocenters. The Morgan fingerprint density at radius 3 is 2.63 bits per heavy atom. The molecule has 0 aliphatic rings. The topological polar surface area (TPSA) is 56.1 Å². The second kappa shape index (κ2) is 8.10. The normalized spacial score (nSPS) is 11.0. The van der Waals surface area contributed by atoms with E-state index < -0.39 is 0 Å². The predicted octanol–water partition coefficient (Wildman–Crippen LogP) is 4.80. The third-order valence-electron chi connectivity index (χ3n) is 4.17. The lowest BCUT2D eigenvalue weighted by Gasteiger charge is -2.09. The Morgan fingerprint density at radius 1 is 1.19 bits per heavy atom. The second-order valence-corrected chi connectivity index (χ2v) is 6.44. The van der Waals surface area contributed by atoms with Crippen molar-refractivity contribution in [1.82, 2.24) is 9.78 Å². The van der Waals surface area contributed by atoms with E-state index in [1.54, 1.807) is 31.4 Å². The standard InChI is InChI=1S/C21H20ClN3O2/c1-14-18(15(2)25(24-14)17-7-5-4-6-8-17)10-12-21(26)23-19-13-16(22)9-11-20(19)27-3/h4-13H,1-3H3,(H,23,26)/b12-10+. The summed E-state index contributed by atoms with van der Waals surface area (Å²) in [5.74, 6) is 0.271. The van der Waals surface area contributed by atoms with Crippen molar-refractivity contribution in [3.8, 4) is 11.4 Å². The van der Waals surface area contributed by atoms with E-state index in [-0.39, 0.29) is 5.91 Å². The summed E-state index contributed by atoms with van der Waals surface area (Å²) in [6, 6.07) is 14.9. The molecule has 6 heteroatoms. The van der Waals surface area contributed by atoms with Gasteiger partial charge in [-0.15, -0.1) is 0 Å². The van der Waals surface area contributed by atoms with Crippen molar-refractivity contribution in [2.45, 2.75) is 13.8 Å². The summed E-state index contributed by atoms with van der Waals surface area (Å²) in [4.78, 5) is 12.3. The molecule has 0 aliphatic heterocycles. The van der Waals surface area contributed by atoms with Crippen LogP contribution in [0.5, 0.6) is 5.75 Å². The van der Waals surface area contributed by atoms with Gasteiger partial charge in [0.15, 0.2) is 0 Å². The Bertz CT molecular complexity index is 994. The van der Waals surface area contributed by atoms with E-state index in [4.69, 9.17) is 16.3 Å². The number of aryl methyl sites for hydroxylation is 1. The number of methoxy groups -OCH3 is 1. The molecular weight excluding hydrogens is 362 g/mol. The molecule has 0 radical (unpaired) electrons. The van der Waals surface area contributed by atoms with Crippen molar-refractivity contribution >= 4 is 29.3 Å². The molecule has 3 rings (SSSR count). The zero-order valence-corrected chi connectivity index (χ0v) is 16.1. The van der Waals surface area contributed by atoms with Crippen LogP contribution in [-0.2, 0) is 4.79 Å². The molecule has 1 aromatic heterocycles. The summed E-state index contributed by atoms with van der Waals surface area (Å²) in [5, 5.41) is 7.88. The fourth-order valence-electron chi connectivity index (χ4n) is 2.83. The van der Waals surface area contributed by atoms with Gasteiger partial charge in [0, 0.05) is 22.4 Å². The van der Waals surface area contributed by atoms with Gasteiger partial charge in [0.25, 0.3) is 0 Å². The van der Waals surface area contributed by atoms with Gasteiger partial charge in [-0.3, -0.25) is 4.79 Å². The van der Waals surface area contributed by atoms with Crippen molar-refractivity contribution in [3.63, 3.8) is 0 Å². The molecule has 1 N–H and O–H groups in total. The predicted molar refractivity (Wildman–Crippen MR) is 109 cm³/mol. The number of amides is 1. The highest BCUT2D eigenvalue weighted by Crippen LogP contribution is 2.27. The van der Waals surface area contributed by atoms with Crippen molar-refractivity contribution in [2.75, 3.05) is 12.4 Å². The minimum Gasteiger partial charge on any atom is -0.495 e. The molecule has 0 saturated heterocycles. The van der Waals surface area contributed by atoms with E-state index in [1.807, 2.05) is 48.9 Å². The summed E-state index contributed by atoms with van der Waals surface area (Å²) in [6.45, 7) is 3.90. The Balaban J connectivity index is 1.81. The van der Waals surface area contributed by atoms with E-state index in [2.05, 4.69) is 10.4 Å². The van der Waals surface area contributed by atoms with Crippen molar-refractivity contribution in [2.24, 2.45) is 0 Å². The summed E-state index contributed by atoms with van der Waals surface area (Å²) in [6.07, 6.45) is 3.25. The largest absolute Gasteiger partial charge is 0.495 e. The second-order valence-electron chi connectivity index (χ2n) is 6.00. The van der Waals surface area contributed by atoms with Gasteiger partial charge in [0.1, 0.15) is 5.75 Å². The first-order chi connectivity index (χ1) is 13.0. The Hall–Kier alpha value is -3.05. The number of hydrogen-bond donors (Lipinski definition) is 1. The van der Waals surface area contributed by atoms with Crippen LogP contribution in [0.4, 0.5) is 5.69 Å². The van der Waals surface area contributed by atoms with Crippen molar-refractivity contribution in [1.29, 1.82) is 0 Å². The molecular formula is C21H20ClN3O2. The molecule has 0 unspecified atom stereocenters. The van der Waals surface area contributed by atoms with Gasteiger partial charge in [0.2, 0.25) is 5.91 Å². The van der Waals surface area contributed by atoms with Crippen molar-refractivity contribution < 1.29 is 9.53 Å². The summed E-state index contributed by atoms with van der Waals surface area (Å²) >= 11 is 6.00. The van der Waals surface area contributed by atoms with Crippen LogP contribution < -0.4 is 10.1 Å². The van der Waals surface area contributed by atoms with Crippen LogP contribution in [0.1, 0.15) is 17.0 Å². The lowest BCUT2D eigenvalue weighted by molar-refractivity contribution is -0.111. The smallest absolute Gasteiger partial charge is 0.248 e. The maximum atomic E-state index is 12.3. The average Bonchev–Trinajstić information content (AvgIpc) is 2.95. The van der Waals surface area contributed by atoms with E-state index in [9.17, 15) is 4.79 Å². The van der Waals surface area contributed by atoms with E-state index in [1.165, 1.54) is 6.08 Å². The zero-order valence-electron chi connectivity index (χ0n) is 15.4. The van der Waals surface area contributed by atoms with E-state index in [0.717, 1.165) is 22.6 Å². The summed E-state index contributed by atoms with van der Waals surface area (Å²) in [7, 11) is 1.54. The number of halogens is 1. The highest BCUT2D eigenvalue weighted by atomic mass is 35.5. The fraction of sp³-hybridized carbons (Fsp3) is 0.143. The van der Waals surface area contributed by atoms with Crippen LogP contribution in [0.15, 0.2) is 54.6 Å². The van der Waals surface area contributed by atoms with Crippen LogP contribution >= 0.6 is 11.6 Å². The van der Waals surface area contributed by atoms with Gasteiger partial charge in [-0.1, -0.05) is 29.8 Å².